The van der Waals surface area contributed by atoms with Crippen molar-refractivity contribution in [1.82, 2.24) is 5.32 Å². The highest BCUT2D eigenvalue weighted by molar-refractivity contribution is 6.01. The number of methoxy groups -OCH3 is 1. The lowest BCUT2D eigenvalue weighted by atomic mass is 10.1. The van der Waals surface area contributed by atoms with Crippen LogP contribution in [-0.4, -0.2) is 19.6 Å². The van der Waals surface area contributed by atoms with Gasteiger partial charge in [0, 0.05) is 6.54 Å². The maximum absolute atomic E-state index is 12.6. The predicted molar refractivity (Wildman–Crippen MR) is 99.3 cm³/mol. The summed E-state index contributed by atoms with van der Waals surface area (Å²) in [4.78, 5) is 12.6. The van der Waals surface area contributed by atoms with Crippen molar-refractivity contribution in [2.45, 2.75) is 13.5 Å². The minimum Gasteiger partial charge on any atom is -0.496 e. The van der Waals surface area contributed by atoms with Crippen molar-refractivity contribution in [3.63, 3.8) is 0 Å². The first-order valence-electron chi connectivity index (χ1n) is 8.28. The van der Waals surface area contributed by atoms with E-state index in [1.54, 1.807) is 7.11 Å². The number of nitrogens with one attached hydrogen (secondary N) is 1. The maximum Gasteiger partial charge on any atom is 0.255 e. The SMILES string of the molecule is CCOc1cccc(CNC(=O)c2cc3ccccc3cc2OC)c1. The van der Waals surface area contributed by atoms with Crippen LogP contribution in [0.4, 0.5) is 0 Å². The first-order valence-corrected chi connectivity index (χ1v) is 8.28. The topological polar surface area (TPSA) is 47.6 Å². The second kappa shape index (κ2) is 7.71. The van der Waals surface area contributed by atoms with E-state index in [0.717, 1.165) is 22.1 Å². The third-order valence-electron chi connectivity index (χ3n) is 3.97. The van der Waals surface area contributed by atoms with Crippen LogP contribution in [0.25, 0.3) is 10.8 Å². The van der Waals surface area contributed by atoms with Crippen LogP contribution >= 0.6 is 0 Å². The summed E-state index contributed by atoms with van der Waals surface area (Å²) in [7, 11) is 1.58. The van der Waals surface area contributed by atoms with Crippen LogP contribution in [0.5, 0.6) is 11.5 Å². The maximum atomic E-state index is 12.6. The van der Waals surface area contributed by atoms with E-state index in [-0.39, 0.29) is 5.91 Å². The molecule has 3 aromatic carbocycles. The molecule has 1 N–H and O–H groups in total. The fourth-order valence-corrected chi connectivity index (χ4v) is 2.76. The molecular weight excluding hydrogens is 314 g/mol. The Morgan fingerprint density at radius 1 is 1.00 bits per heavy atom. The van der Waals surface area contributed by atoms with Gasteiger partial charge in [-0.1, -0.05) is 36.4 Å². The van der Waals surface area contributed by atoms with Crippen molar-refractivity contribution in [3.8, 4) is 11.5 Å². The van der Waals surface area contributed by atoms with Crippen LogP contribution < -0.4 is 14.8 Å². The number of hydrogen-bond acceptors (Lipinski definition) is 3. The second-order valence-corrected chi connectivity index (χ2v) is 5.66. The molecule has 0 aliphatic heterocycles. The number of benzene rings is 3. The molecule has 0 radical (unpaired) electrons. The molecule has 0 aromatic heterocycles. The molecule has 0 unspecified atom stereocenters. The molecule has 1 amide bonds. The molecule has 3 aromatic rings. The third kappa shape index (κ3) is 3.91. The number of carbonyl (C=O) groups is 1. The van der Waals surface area contributed by atoms with E-state index in [1.807, 2.05) is 67.6 Å². The summed E-state index contributed by atoms with van der Waals surface area (Å²) < 4.78 is 10.9. The van der Waals surface area contributed by atoms with Gasteiger partial charge in [-0.25, -0.2) is 0 Å². The van der Waals surface area contributed by atoms with E-state index in [2.05, 4.69) is 5.32 Å². The minimum atomic E-state index is -0.163. The highest BCUT2D eigenvalue weighted by Gasteiger charge is 2.13. The van der Waals surface area contributed by atoms with Crippen molar-refractivity contribution in [2.75, 3.05) is 13.7 Å². The van der Waals surface area contributed by atoms with E-state index in [1.165, 1.54) is 0 Å². The van der Waals surface area contributed by atoms with Crippen LogP contribution in [-0.2, 0) is 6.54 Å². The molecule has 0 spiro atoms. The molecule has 0 saturated carbocycles. The van der Waals surface area contributed by atoms with Gasteiger partial charge in [0.05, 0.1) is 19.3 Å². The number of amides is 1. The Hall–Kier alpha value is -3.01. The second-order valence-electron chi connectivity index (χ2n) is 5.66. The lowest BCUT2D eigenvalue weighted by molar-refractivity contribution is 0.0948. The number of carbonyl (C=O) groups excluding carboxylic acids is 1. The molecule has 128 valence electrons. The van der Waals surface area contributed by atoms with Gasteiger partial charge in [-0.15, -0.1) is 0 Å². The van der Waals surface area contributed by atoms with Crippen molar-refractivity contribution in [2.24, 2.45) is 0 Å². The summed E-state index contributed by atoms with van der Waals surface area (Å²) in [5, 5.41) is 5.00. The molecule has 3 rings (SSSR count). The zero-order chi connectivity index (χ0) is 17.6. The quantitative estimate of drug-likeness (QED) is 0.735. The van der Waals surface area contributed by atoms with Crippen LogP contribution in [0.3, 0.4) is 0 Å². The Morgan fingerprint density at radius 3 is 2.48 bits per heavy atom. The molecular formula is C21H21NO3. The van der Waals surface area contributed by atoms with Gasteiger partial charge >= 0.3 is 0 Å². The summed E-state index contributed by atoms with van der Waals surface area (Å²) in [6, 6.07) is 19.4. The average Bonchev–Trinajstić information content (AvgIpc) is 2.65. The smallest absolute Gasteiger partial charge is 0.255 e. The molecule has 4 nitrogen and oxygen atoms in total. The van der Waals surface area contributed by atoms with Crippen LogP contribution in [0.2, 0.25) is 0 Å². The highest BCUT2D eigenvalue weighted by atomic mass is 16.5. The number of ether oxygens (including phenoxy) is 2. The number of fused-ring (bicyclic) bond motifs is 1. The Balaban J connectivity index is 1.79. The Morgan fingerprint density at radius 2 is 1.76 bits per heavy atom. The molecule has 0 saturated heterocycles. The van der Waals surface area contributed by atoms with Gasteiger partial charge < -0.3 is 14.8 Å². The van der Waals surface area contributed by atoms with E-state index < -0.39 is 0 Å². The Bertz CT molecular complexity index is 889. The summed E-state index contributed by atoms with van der Waals surface area (Å²) >= 11 is 0. The molecule has 0 atom stereocenters. The highest BCUT2D eigenvalue weighted by Crippen LogP contribution is 2.26. The standard InChI is InChI=1S/C21H21NO3/c1-3-25-18-10-6-7-15(11-18)14-22-21(23)19-12-16-8-4-5-9-17(16)13-20(19)24-2/h4-13H,3,14H2,1-2H3,(H,22,23). The van der Waals surface area contributed by atoms with Crippen molar-refractivity contribution >= 4 is 16.7 Å². The minimum absolute atomic E-state index is 0.163. The normalized spacial score (nSPS) is 10.5. The van der Waals surface area contributed by atoms with E-state index >= 15 is 0 Å². The van der Waals surface area contributed by atoms with Crippen molar-refractivity contribution in [3.05, 3.63) is 71.8 Å². The summed E-state index contributed by atoms with van der Waals surface area (Å²) in [6.45, 7) is 2.99. The lowest BCUT2D eigenvalue weighted by Crippen LogP contribution is -2.23. The molecule has 0 fully saturated rings. The van der Waals surface area contributed by atoms with Crippen molar-refractivity contribution in [1.29, 1.82) is 0 Å². The van der Waals surface area contributed by atoms with Gasteiger partial charge in [0.25, 0.3) is 5.91 Å². The summed E-state index contributed by atoms with van der Waals surface area (Å²) in [5.74, 6) is 1.21. The van der Waals surface area contributed by atoms with Gasteiger partial charge in [-0.2, -0.15) is 0 Å². The molecule has 4 heteroatoms. The number of rotatable bonds is 6. The zero-order valence-electron chi connectivity index (χ0n) is 14.4. The fraction of sp³-hybridized carbons (Fsp3) is 0.190. The summed E-state index contributed by atoms with van der Waals surface area (Å²) in [6.07, 6.45) is 0. The first kappa shape index (κ1) is 16.8. The van der Waals surface area contributed by atoms with Gasteiger partial charge in [0.2, 0.25) is 0 Å². The van der Waals surface area contributed by atoms with Gasteiger partial charge in [0.1, 0.15) is 11.5 Å². The zero-order valence-corrected chi connectivity index (χ0v) is 14.4. The molecule has 0 aliphatic carbocycles. The number of hydrogen-bond donors (Lipinski definition) is 1. The third-order valence-corrected chi connectivity index (χ3v) is 3.97. The molecule has 0 heterocycles. The summed E-state index contributed by atoms with van der Waals surface area (Å²) in [5.41, 5.74) is 1.52. The largest absolute Gasteiger partial charge is 0.496 e. The van der Waals surface area contributed by atoms with Crippen LogP contribution in [0.15, 0.2) is 60.7 Å². The van der Waals surface area contributed by atoms with Crippen LogP contribution in [0.1, 0.15) is 22.8 Å². The van der Waals surface area contributed by atoms with Crippen LogP contribution in [0, 0.1) is 0 Å². The van der Waals surface area contributed by atoms with E-state index in [0.29, 0.717) is 24.5 Å². The fourth-order valence-electron chi connectivity index (χ4n) is 2.76. The Kier molecular flexibility index (Phi) is 5.19. The molecule has 0 bridgehead atoms. The average molecular weight is 335 g/mol. The molecule has 0 aliphatic rings. The van der Waals surface area contributed by atoms with Gasteiger partial charge in [0.15, 0.2) is 0 Å². The monoisotopic (exact) mass is 335 g/mol. The lowest BCUT2D eigenvalue weighted by Gasteiger charge is -2.12. The Labute approximate surface area is 147 Å². The molecule has 25 heavy (non-hydrogen) atoms. The van der Waals surface area contributed by atoms with Gasteiger partial charge in [-0.05, 0) is 47.5 Å². The van der Waals surface area contributed by atoms with E-state index in [9.17, 15) is 4.79 Å². The van der Waals surface area contributed by atoms with E-state index in [4.69, 9.17) is 9.47 Å². The predicted octanol–water partition coefficient (Wildman–Crippen LogP) is 4.18. The first-order chi connectivity index (χ1) is 12.2. The van der Waals surface area contributed by atoms with Gasteiger partial charge in [-0.3, -0.25) is 4.79 Å². The van der Waals surface area contributed by atoms with Crippen molar-refractivity contribution < 1.29 is 14.3 Å².